The topological polar surface area (TPSA) is 59.3 Å². The van der Waals surface area contributed by atoms with Crippen LogP contribution >= 0.6 is 23.2 Å². The van der Waals surface area contributed by atoms with Crippen LogP contribution in [-0.2, 0) is 9.53 Å². The van der Waals surface area contributed by atoms with Crippen LogP contribution in [0.15, 0.2) is 59.1 Å². The van der Waals surface area contributed by atoms with Crippen LogP contribution in [0.1, 0.15) is 25.5 Å². The molecule has 2 aromatic rings. The van der Waals surface area contributed by atoms with Gasteiger partial charge in [0.05, 0.1) is 5.92 Å². The predicted octanol–water partition coefficient (Wildman–Crippen LogP) is 6.32. The van der Waals surface area contributed by atoms with Gasteiger partial charge in [0, 0.05) is 5.56 Å². The third-order valence-corrected chi connectivity index (χ3v) is 5.30. The van der Waals surface area contributed by atoms with E-state index < -0.39 is 23.8 Å². The summed E-state index contributed by atoms with van der Waals surface area (Å²) < 4.78 is 25.2. The normalized spacial score (nSPS) is 20.1. The molecule has 150 valence electrons. The van der Waals surface area contributed by atoms with E-state index in [0.29, 0.717) is 11.3 Å². The molecular weight excluding hydrogens is 416 g/mol. The third-order valence-electron chi connectivity index (χ3n) is 5.05. The van der Waals surface area contributed by atoms with Gasteiger partial charge >= 0.3 is 5.97 Å². The highest BCUT2D eigenvalue weighted by atomic mass is 35.5. The van der Waals surface area contributed by atoms with Crippen LogP contribution in [0.3, 0.4) is 0 Å². The number of hydrogen-bond donors (Lipinski definition) is 0. The van der Waals surface area contributed by atoms with E-state index in [9.17, 15) is 14.4 Å². The predicted molar refractivity (Wildman–Crippen MR) is 108 cm³/mol. The number of carbonyl (C=O) groups is 1. The number of nitriles is 1. The minimum Gasteiger partial charge on any atom is -0.454 e. The molecule has 0 spiro atoms. The summed E-state index contributed by atoms with van der Waals surface area (Å²) in [6.07, 6.45) is 0.397. The van der Waals surface area contributed by atoms with Gasteiger partial charge in [-0.15, -0.1) is 0 Å². The molecule has 2 aromatic carbocycles. The maximum Gasteiger partial charge on any atom is 0.311 e. The van der Waals surface area contributed by atoms with E-state index in [1.165, 1.54) is 18.2 Å². The smallest absolute Gasteiger partial charge is 0.311 e. The summed E-state index contributed by atoms with van der Waals surface area (Å²) in [7, 11) is 0. The summed E-state index contributed by atoms with van der Waals surface area (Å²) in [5.74, 6) is -1.39. The molecule has 0 bridgehead atoms. The summed E-state index contributed by atoms with van der Waals surface area (Å²) in [5.41, 5.74) is -0.0645. The van der Waals surface area contributed by atoms with Crippen molar-refractivity contribution in [3.63, 3.8) is 0 Å². The number of halogens is 3. The van der Waals surface area contributed by atoms with E-state index in [1.54, 1.807) is 30.3 Å². The average molecular weight is 434 g/mol. The lowest BCUT2D eigenvalue weighted by Crippen LogP contribution is -2.14. The van der Waals surface area contributed by atoms with Crippen molar-refractivity contribution in [1.29, 1.82) is 5.26 Å². The molecule has 0 saturated heterocycles. The Morgan fingerprint density at radius 3 is 2.55 bits per heavy atom. The second kappa shape index (κ2) is 8.44. The Hall–Kier alpha value is -2.55. The van der Waals surface area contributed by atoms with Crippen LogP contribution in [0.2, 0.25) is 0 Å². The lowest BCUT2D eigenvalue weighted by Gasteiger charge is -2.14. The van der Waals surface area contributed by atoms with Gasteiger partial charge in [-0.25, -0.2) is 4.39 Å². The van der Waals surface area contributed by atoms with E-state index in [-0.39, 0.29) is 21.6 Å². The number of ether oxygens (including phenoxy) is 2. The molecule has 0 N–H and O–H groups in total. The monoisotopic (exact) mass is 433 g/mol. The third kappa shape index (κ3) is 4.72. The number of carbonyl (C=O) groups excluding carboxylic acids is 1. The molecule has 1 saturated carbocycles. The highest BCUT2D eigenvalue weighted by Gasteiger charge is 2.62. The SMILES string of the molecule is CC1(C)C(C=C(Cl)Cl)[C@@H]1C(=O)OC(C#N)c1ccc(F)c(Oc2ccccc2)c1. The van der Waals surface area contributed by atoms with Crippen LogP contribution in [0.5, 0.6) is 11.5 Å². The van der Waals surface area contributed by atoms with E-state index in [1.807, 2.05) is 26.0 Å². The standard InChI is InChI=1S/C22H18Cl2FNO3/c1-22(2)15(11-19(23)24)20(22)21(27)29-18(12-26)13-8-9-16(25)17(10-13)28-14-6-4-3-5-7-14/h3-11,15,18,20H,1-2H3/t15?,18?,20-/m1/s1. The fourth-order valence-corrected chi connectivity index (χ4v) is 3.58. The first-order valence-corrected chi connectivity index (χ1v) is 9.65. The molecule has 29 heavy (non-hydrogen) atoms. The summed E-state index contributed by atoms with van der Waals surface area (Å²) in [5, 5.41) is 9.51. The number of rotatable bonds is 6. The van der Waals surface area contributed by atoms with Crippen molar-refractivity contribution in [1.82, 2.24) is 0 Å². The molecule has 0 amide bonds. The summed E-state index contributed by atoms with van der Waals surface area (Å²) >= 11 is 11.4. The highest BCUT2D eigenvalue weighted by molar-refractivity contribution is 6.55. The summed E-state index contributed by atoms with van der Waals surface area (Å²) in [4.78, 5) is 12.6. The van der Waals surface area contributed by atoms with Gasteiger partial charge in [0.15, 0.2) is 11.6 Å². The molecule has 4 nitrogen and oxygen atoms in total. The van der Waals surface area contributed by atoms with E-state index in [0.717, 1.165) is 0 Å². The van der Waals surface area contributed by atoms with Crippen molar-refractivity contribution >= 4 is 29.2 Å². The lowest BCUT2D eigenvalue weighted by atomic mass is 10.1. The maximum absolute atomic E-state index is 14.2. The van der Waals surface area contributed by atoms with Gasteiger partial charge in [0.25, 0.3) is 0 Å². The van der Waals surface area contributed by atoms with Gasteiger partial charge in [-0.2, -0.15) is 5.26 Å². The molecule has 1 fully saturated rings. The van der Waals surface area contributed by atoms with Crippen molar-refractivity contribution < 1.29 is 18.7 Å². The molecule has 0 heterocycles. The molecule has 0 aliphatic heterocycles. The van der Waals surface area contributed by atoms with E-state index >= 15 is 0 Å². The number of esters is 1. The Labute approximate surface area is 178 Å². The quantitative estimate of drug-likeness (QED) is 0.500. The Morgan fingerprint density at radius 2 is 1.93 bits per heavy atom. The fraction of sp³-hybridized carbons (Fsp3) is 0.273. The molecule has 0 radical (unpaired) electrons. The van der Waals surface area contributed by atoms with Crippen LogP contribution in [0, 0.1) is 34.4 Å². The van der Waals surface area contributed by atoms with Crippen molar-refractivity contribution in [3.05, 3.63) is 70.5 Å². The first-order chi connectivity index (χ1) is 13.7. The number of hydrogen-bond acceptors (Lipinski definition) is 4. The molecule has 3 rings (SSSR count). The van der Waals surface area contributed by atoms with Gasteiger partial charge in [0.2, 0.25) is 6.10 Å². The van der Waals surface area contributed by atoms with Gasteiger partial charge in [-0.1, -0.05) is 61.3 Å². The van der Waals surface area contributed by atoms with Gasteiger partial charge in [-0.3, -0.25) is 4.79 Å². The van der Waals surface area contributed by atoms with Crippen LogP contribution in [-0.4, -0.2) is 5.97 Å². The van der Waals surface area contributed by atoms with Crippen LogP contribution in [0.4, 0.5) is 4.39 Å². The zero-order valence-electron chi connectivity index (χ0n) is 15.7. The minimum atomic E-state index is -1.20. The maximum atomic E-state index is 14.2. The van der Waals surface area contributed by atoms with Crippen molar-refractivity contribution in [3.8, 4) is 17.6 Å². The van der Waals surface area contributed by atoms with Crippen molar-refractivity contribution in [2.75, 3.05) is 0 Å². The molecule has 1 aliphatic rings. The summed E-state index contributed by atoms with van der Waals surface area (Å²) in [6.45, 7) is 3.78. The Balaban J connectivity index is 1.77. The number of nitrogens with zero attached hydrogens (tertiary/aromatic N) is 1. The van der Waals surface area contributed by atoms with Crippen molar-refractivity contribution in [2.24, 2.45) is 17.3 Å². The first kappa shape index (κ1) is 21.2. The van der Waals surface area contributed by atoms with Crippen LogP contribution in [0.25, 0.3) is 0 Å². The summed E-state index contributed by atoms with van der Waals surface area (Å²) in [6, 6.07) is 14.5. The molecule has 1 aliphatic carbocycles. The van der Waals surface area contributed by atoms with E-state index in [2.05, 4.69) is 0 Å². The number of allylic oxidation sites excluding steroid dienone is 1. The Morgan fingerprint density at radius 1 is 1.24 bits per heavy atom. The number of benzene rings is 2. The van der Waals surface area contributed by atoms with Crippen molar-refractivity contribution in [2.45, 2.75) is 20.0 Å². The molecule has 2 unspecified atom stereocenters. The minimum absolute atomic E-state index is 0.0634. The zero-order valence-corrected chi connectivity index (χ0v) is 17.2. The second-order valence-electron chi connectivity index (χ2n) is 7.33. The van der Waals surface area contributed by atoms with Gasteiger partial charge in [-0.05, 0) is 41.7 Å². The molecule has 7 heteroatoms. The fourth-order valence-electron chi connectivity index (χ4n) is 3.31. The van der Waals surface area contributed by atoms with E-state index in [4.69, 9.17) is 32.7 Å². The Bertz CT molecular complexity index is 981. The van der Waals surface area contributed by atoms with Gasteiger partial charge < -0.3 is 9.47 Å². The zero-order chi connectivity index (χ0) is 21.2. The molecule has 0 aromatic heterocycles. The van der Waals surface area contributed by atoms with Gasteiger partial charge in [0.1, 0.15) is 16.3 Å². The number of para-hydroxylation sites is 1. The second-order valence-corrected chi connectivity index (χ2v) is 8.34. The molecular formula is C22H18Cl2FNO3. The highest BCUT2D eigenvalue weighted by Crippen LogP contribution is 2.60. The average Bonchev–Trinajstić information content (AvgIpc) is 3.21. The Kier molecular flexibility index (Phi) is 6.16. The first-order valence-electron chi connectivity index (χ1n) is 8.89. The molecule has 3 atom stereocenters. The lowest BCUT2D eigenvalue weighted by molar-refractivity contribution is -0.149. The van der Waals surface area contributed by atoms with Crippen LogP contribution < -0.4 is 4.74 Å². The largest absolute Gasteiger partial charge is 0.454 e.